The van der Waals surface area contributed by atoms with Crippen molar-refractivity contribution in [2.75, 3.05) is 6.61 Å². The molecule has 1 saturated heterocycles. The molecule has 2 heteroatoms. The molecule has 1 aromatic carbocycles. The average Bonchev–Trinajstić information content (AvgIpc) is 2.77. The highest BCUT2D eigenvalue weighted by Gasteiger charge is 2.36. The Bertz CT molecular complexity index is 369. The highest BCUT2D eigenvalue weighted by atomic mass is 16.5. The Kier molecular flexibility index (Phi) is 3.85. The van der Waals surface area contributed by atoms with Crippen molar-refractivity contribution >= 4 is 0 Å². The van der Waals surface area contributed by atoms with Crippen molar-refractivity contribution < 1.29 is 4.74 Å². The van der Waals surface area contributed by atoms with Crippen LogP contribution in [-0.2, 0) is 11.2 Å². The van der Waals surface area contributed by atoms with E-state index in [-0.39, 0.29) is 11.6 Å². The second-order valence-corrected chi connectivity index (χ2v) is 5.24. The lowest BCUT2D eigenvalue weighted by Gasteiger charge is -2.31. The Hall–Kier alpha value is -0.860. The summed E-state index contributed by atoms with van der Waals surface area (Å²) in [5, 5.41) is 0. The Labute approximate surface area is 104 Å². The number of rotatable bonds is 4. The first-order valence-corrected chi connectivity index (χ1v) is 6.64. The van der Waals surface area contributed by atoms with Gasteiger partial charge in [-0.3, -0.25) is 0 Å². The van der Waals surface area contributed by atoms with E-state index in [0.717, 1.165) is 25.9 Å². The van der Waals surface area contributed by atoms with Gasteiger partial charge in [-0.05, 0) is 37.3 Å². The quantitative estimate of drug-likeness (QED) is 0.866. The molecule has 2 rings (SSSR count). The van der Waals surface area contributed by atoms with Gasteiger partial charge in [0.15, 0.2) is 0 Å². The molecule has 0 radical (unpaired) electrons. The summed E-state index contributed by atoms with van der Waals surface area (Å²) in [5.74, 6) is 0. The molecule has 2 nitrogen and oxygen atoms in total. The Balaban J connectivity index is 2.18. The van der Waals surface area contributed by atoms with Crippen LogP contribution in [-0.4, -0.2) is 12.2 Å². The van der Waals surface area contributed by atoms with Gasteiger partial charge in [-0.1, -0.05) is 37.6 Å². The van der Waals surface area contributed by atoms with Crippen LogP contribution in [0.25, 0.3) is 0 Å². The molecule has 1 aromatic rings. The maximum atomic E-state index is 6.37. The van der Waals surface area contributed by atoms with Gasteiger partial charge in [0.25, 0.3) is 0 Å². The van der Waals surface area contributed by atoms with E-state index in [1.165, 1.54) is 17.5 Å². The summed E-state index contributed by atoms with van der Waals surface area (Å²) in [6.07, 6.45) is 4.48. The molecule has 1 aliphatic rings. The van der Waals surface area contributed by atoms with Crippen molar-refractivity contribution in [3.8, 4) is 0 Å². The number of hydrogen-bond donors (Lipinski definition) is 1. The van der Waals surface area contributed by atoms with Crippen molar-refractivity contribution in [2.45, 2.75) is 51.2 Å². The number of benzene rings is 1. The second-order valence-electron chi connectivity index (χ2n) is 5.24. The predicted octanol–water partition coefficient (Wildman–Crippen LogP) is 3.21. The van der Waals surface area contributed by atoms with Gasteiger partial charge in [0.05, 0.1) is 11.6 Å². The topological polar surface area (TPSA) is 35.2 Å². The van der Waals surface area contributed by atoms with E-state index < -0.39 is 0 Å². The third-order valence-electron chi connectivity index (χ3n) is 3.76. The summed E-state index contributed by atoms with van der Waals surface area (Å²) < 4.78 is 5.83. The van der Waals surface area contributed by atoms with Crippen LogP contribution in [0.3, 0.4) is 0 Å². The molecule has 1 fully saturated rings. The minimum absolute atomic E-state index is 0.0122. The van der Waals surface area contributed by atoms with E-state index in [2.05, 4.69) is 38.1 Å². The summed E-state index contributed by atoms with van der Waals surface area (Å²) in [7, 11) is 0. The number of ether oxygens (including phenoxy) is 1. The van der Waals surface area contributed by atoms with Crippen LogP contribution in [0.4, 0.5) is 0 Å². The van der Waals surface area contributed by atoms with Gasteiger partial charge in [-0.15, -0.1) is 0 Å². The van der Waals surface area contributed by atoms with Crippen LogP contribution >= 0.6 is 0 Å². The normalized spacial score (nSPS) is 26.1. The fraction of sp³-hybridized carbons (Fsp3) is 0.600. The Morgan fingerprint density at radius 1 is 1.47 bits per heavy atom. The molecule has 0 spiro atoms. The molecule has 17 heavy (non-hydrogen) atoms. The zero-order valence-electron chi connectivity index (χ0n) is 10.9. The minimum atomic E-state index is -0.176. The van der Waals surface area contributed by atoms with Crippen molar-refractivity contribution in [3.05, 3.63) is 35.4 Å². The zero-order valence-corrected chi connectivity index (χ0v) is 10.9. The smallest absolute Gasteiger partial charge is 0.0847 e. The number of hydrogen-bond acceptors (Lipinski definition) is 2. The molecule has 0 saturated carbocycles. The van der Waals surface area contributed by atoms with Gasteiger partial charge in [0.1, 0.15) is 0 Å². The van der Waals surface area contributed by atoms with Crippen molar-refractivity contribution in [1.29, 1.82) is 0 Å². The van der Waals surface area contributed by atoms with E-state index in [1.54, 1.807) is 0 Å². The summed E-state index contributed by atoms with van der Waals surface area (Å²) in [5.41, 5.74) is 8.78. The molecule has 1 heterocycles. The fourth-order valence-corrected chi connectivity index (χ4v) is 2.63. The van der Waals surface area contributed by atoms with Crippen molar-refractivity contribution in [3.63, 3.8) is 0 Å². The Morgan fingerprint density at radius 3 is 2.94 bits per heavy atom. The number of aryl methyl sites for hydroxylation is 1. The second kappa shape index (κ2) is 5.19. The molecule has 1 aliphatic heterocycles. The third kappa shape index (κ3) is 2.70. The lowest BCUT2D eigenvalue weighted by Crippen LogP contribution is -2.37. The average molecular weight is 233 g/mol. The summed E-state index contributed by atoms with van der Waals surface area (Å²) >= 11 is 0. The highest BCUT2D eigenvalue weighted by Crippen LogP contribution is 2.35. The summed E-state index contributed by atoms with van der Waals surface area (Å²) in [4.78, 5) is 0. The zero-order chi connectivity index (χ0) is 12.3. The van der Waals surface area contributed by atoms with Gasteiger partial charge in [-0.2, -0.15) is 0 Å². The minimum Gasteiger partial charge on any atom is -0.373 e. The monoisotopic (exact) mass is 233 g/mol. The summed E-state index contributed by atoms with van der Waals surface area (Å²) in [6.45, 7) is 5.18. The van der Waals surface area contributed by atoms with Crippen molar-refractivity contribution in [2.24, 2.45) is 5.73 Å². The van der Waals surface area contributed by atoms with E-state index >= 15 is 0 Å². The molecule has 2 atom stereocenters. The molecule has 0 bridgehead atoms. The van der Waals surface area contributed by atoms with Crippen molar-refractivity contribution in [1.82, 2.24) is 0 Å². The Morgan fingerprint density at radius 2 is 2.29 bits per heavy atom. The molecular formula is C15H23NO. The van der Waals surface area contributed by atoms with E-state index in [4.69, 9.17) is 10.5 Å². The van der Waals surface area contributed by atoms with Gasteiger partial charge in [0.2, 0.25) is 0 Å². The molecular weight excluding hydrogens is 210 g/mol. The van der Waals surface area contributed by atoms with E-state index in [0.29, 0.717) is 0 Å². The van der Waals surface area contributed by atoms with Gasteiger partial charge < -0.3 is 10.5 Å². The first kappa shape index (κ1) is 12.6. The van der Waals surface area contributed by atoms with Crippen LogP contribution in [0.2, 0.25) is 0 Å². The fourth-order valence-electron chi connectivity index (χ4n) is 2.63. The SMILES string of the molecule is CCCc1cccc(C(N)C2(C)CCCO2)c1. The van der Waals surface area contributed by atoms with Crippen LogP contribution in [0.15, 0.2) is 24.3 Å². The molecule has 0 amide bonds. The van der Waals surface area contributed by atoms with E-state index in [9.17, 15) is 0 Å². The van der Waals surface area contributed by atoms with Crippen LogP contribution in [0.5, 0.6) is 0 Å². The van der Waals surface area contributed by atoms with Crippen LogP contribution < -0.4 is 5.73 Å². The van der Waals surface area contributed by atoms with Gasteiger partial charge >= 0.3 is 0 Å². The molecule has 0 aliphatic carbocycles. The van der Waals surface area contributed by atoms with Gasteiger partial charge in [0, 0.05) is 6.61 Å². The standard InChI is InChI=1S/C15H23NO/c1-3-6-12-7-4-8-13(11-12)14(16)15(2)9-5-10-17-15/h4,7-8,11,14H,3,5-6,9-10,16H2,1-2H3. The first-order chi connectivity index (χ1) is 8.15. The number of nitrogens with two attached hydrogens (primary N) is 1. The highest BCUT2D eigenvalue weighted by molar-refractivity contribution is 5.28. The lowest BCUT2D eigenvalue weighted by molar-refractivity contribution is -0.00174. The molecule has 2 unspecified atom stereocenters. The molecule has 94 valence electrons. The largest absolute Gasteiger partial charge is 0.373 e. The molecule has 2 N–H and O–H groups in total. The first-order valence-electron chi connectivity index (χ1n) is 6.64. The lowest BCUT2D eigenvalue weighted by atomic mass is 9.87. The van der Waals surface area contributed by atoms with Crippen LogP contribution in [0, 0.1) is 0 Å². The predicted molar refractivity (Wildman–Crippen MR) is 71.0 cm³/mol. The maximum Gasteiger partial charge on any atom is 0.0847 e. The third-order valence-corrected chi connectivity index (χ3v) is 3.76. The maximum absolute atomic E-state index is 6.37. The van der Waals surface area contributed by atoms with Gasteiger partial charge in [-0.25, -0.2) is 0 Å². The van der Waals surface area contributed by atoms with E-state index in [1.807, 2.05) is 0 Å². The molecule has 0 aromatic heterocycles. The van der Waals surface area contributed by atoms with Crippen LogP contribution in [0.1, 0.15) is 50.3 Å². The summed E-state index contributed by atoms with van der Waals surface area (Å²) in [6, 6.07) is 8.63.